The van der Waals surface area contributed by atoms with Crippen molar-refractivity contribution >= 4 is 21.7 Å². The molecule has 0 unspecified atom stereocenters. The van der Waals surface area contributed by atoms with Gasteiger partial charge >= 0.3 is 0 Å². The van der Waals surface area contributed by atoms with Crippen LogP contribution in [-0.2, 0) is 10.0 Å². The zero-order valence-corrected chi connectivity index (χ0v) is 22.2. The third-order valence-corrected chi connectivity index (χ3v) is 7.68. The maximum atomic E-state index is 13.3. The minimum Gasteiger partial charge on any atom is -0.493 e. The topological polar surface area (TPSA) is 121 Å². The highest BCUT2D eigenvalue weighted by molar-refractivity contribution is 7.90. The fourth-order valence-corrected chi connectivity index (χ4v) is 5.48. The summed E-state index contributed by atoms with van der Waals surface area (Å²) >= 11 is 0. The van der Waals surface area contributed by atoms with Gasteiger partial charge in [-0.05, 0) is 69.0 Å². The van der Waals surface area contributed by atoms with Crippen LogP contribution in [0.1, 0.15) is 50.9 Å². The molecule has 2 atom stereocenters. The number of hydrogen-bond donors (Lipinski definition) is 2. The van der Waals surface area contributed by atoms with E-state index in [1.54, 1.807) is 12.1 Å². The largest absolute Gasteiger partial charge is 0.493 e. The van der Waals surface area contributed by atoms with Crippen LogP contribution < -0.4 is 19.9 Å². The number of carbonyl (C=O) groups is 1. The Kier molecular flexibility index (Phi) is 7.68. The summed E-state index contributed by atoms with van der Waals surface area (Å²) in [5.41, 5.74) is 0.762. The molecule has 0 saturated carbocycles. The normalized spacial score (nSPS) is 17.7. The first kappa shape index (κ1) is 26.4. The summed E-state index contributed by atoms with van der Waals surface area (Å²) in [7, 11) is -4.39. The van der Waals surface area contributed by atoms with E-state index in [0.717, 1.165) is 30.2 Å². The standard InChI is InChI=1S/C27H32N4O5S/c1-17(2)16-36-21-8-5-7-20(15-21)23-13-12-22(25(29-23)31-18(3)10-11-19(31)4)26(32)30-37(34,35)24-9-6-14-28-27(24)33/h5-9,12-15,17-19H,10-11,16H2,1-4H3,(H,28,33)(H,30,32)/t18-,19+. The first-order valence-corrected chi connectivity index (χ1v) is 13.8. The monoisotopic (exact) mass is 524 g/mol. The van der Waals surface area contributed by atoms with Crippen LogP contribution in [0, 0.1) is 5.92 Å². The number of sulfonamides is 1. The molecule has 1 fully saturated rings. The van der Waals surface area contributed by atoms with Gasteiger partial charge in [-0.15, -0.1) is 0 Å². The Balaban J connectivity index is 1.73. The van der Waals surface area contributed by atoms with Crippen molar-refractivity contribution in [1.82, 2.24) is 14.7 Å². The van der Waals surface area contributed by atoms with Crippen molar-refractivity contribution in [2.45, 2.75) is 57.5 Å². The van der Waals surface area contributed by atoms with Crippen LogP contribution in [0.3, 0.4) is 0 Å². The number of aromatic nitrogens is 2. The second-order valence-electron chi connectivity index (χ2n) is 9.78. The molecule has 1 aliphatic heterocycles. The second kappa shape index (κ2) is 10.8. The molecule has 4 rings (SSSR count). The number of carbonyl (C=O) groups excluding carboxylic acids is 1. The Morgan fingerprint density at radius 2 is 1.86 bits per heavy atom. The summed E-state index contributed by atoms with van der Waals surface area (Å²) < 4.78 is 33.6. The average molecular weight is 525 g/mol. The molecule has 0 radical (unpaired) electrons. The fraction of sp³-hybridized carbons (Fsp3) is 0.370. The number of pyridine rings is 2. The van der Waals surface area contributed by atoms with Gasteiger partial charge in [0.15, 0.2) is 4.90 Å². The van der Waals surface area contributed by atoms with Gasteiger partial charge in [-0.25, -0.2) is 18.1 Å². The van der Waals surface area contributed by atoms with E-state index in [0.29, 0.717) is 24.0 Å². The number of H-pyrrole nitrogens is 1. The number of hydrogen-bond acceptors (Lipinski definition) is 7. The minimum atomic E-state index is -4.39. The van der Waals surface area contributed by atoms with Gasteiger partial charge in [0.2, 0.25) is 0 Å². The van der Waals surface area contributed by atoms with E-state index in [4.69, 9.17) is 9.72 Å². The van der Waals surface area contributed by atoms with E-state index >= 15 is 0 Å². The Labute approximate surface area is 217 Å². The number of aromatic amines is 1. The molecule has 1 aliphatic rings. The lowest BCUT2D eigenvalue weighted by Gasteiger charge is -2.29. The molecule has 2 N–H and O–H groups in total. The van der Waals surface area contributed by atoms with E-state index in [1.165, 1.54) is 12.3 Å². The van der Waals surface area contributed by atoms with E-state index < -0.39 is 26.4 Å². The number of rotatable bonds is 8. The molecular weight excluding hydrogens is 492 g/mol. The summed E-state index contributed by atoms with van der Waals surface area (Å²) in [4.78, 5) is 34.0. The highest BCUT2D eigenvalue weighted by atomic mass is 32.2. The van der Waals surface area contributed by atoms with Gasteiger partial charge in [0.1, 0.15) is 11.6 Å². The number of nitrogens with zero attached hydrogens (tertiary/aromatic N) is 2. The molecule has 0 spiro atoms. The molecule has 1 aromatic carbocycles. The molecule has 0 bridgehead atoms. The van der Waals surface area contributed by atoms with Gasteiger partial charge in [0, 0.05) is 23.8 Å². The number of benzene rings is 1. The molecule has 3 aromatic rings. The van der Waals surface area contributed by atoms with Gasteiger partial charge < -0.3 is 14.6 Å². The second-order valence-corrected chi connectivity index (χ2v) is 11.4. The molecule has 9 nitrogen and oxygen atoms in total. The Bertz CT molecular complexity index is 1440. The summed E-state index contributed by atoms with van der Waals surface area (Å²) in [6, 6.07) is 13.6. The predicted molar refractivity (Wildman–Crippen MR) is 142 cm³/mol. The van der Waals surface area contributed by atoms with Gasteiger partial charge in [-0.3, -0.25) is 9.59 Å². The summed E-state index contributed by atoms with van der Waals surface area (Å²) in [5, 5.41) is 0. The van der Waals surface area contributed by atoms with Gasteiger partial charge in [-0.2, -0.15) is 0 Å². The molecule has 37 heavy (non-hydrogen) atoms. The Hall–Kier alpha value is -3.66. The first-order valence-electron chi connectivity index (χ1n) is 12.3. The third-order valence-electron chi connectivity index (χ3n) is 6.33. The van der Waals surface area contributed by atoms with Crippen molar-refractivity contribution in [2.24, 2.45) is 5.92 Å². The van der Waals surface area contributed by atoms with Crippen molar-refractivity contribution in [2.75, 3.05) is 11.5 Å². The lowest BCUT2D eigenvalue weighted by molar-refractivity contribution is 0.0981. The predicted octanol–water partition coefficient (Wildman–Crippen LogP) is 3.97. The average Bonchev–Trinajstić information content (AvgIpc) is 3.20. The third kappa shape index (κ3) is 5.85. The summed E-state index contributed by atoms with van der Waals surface area (Å²) in [5.74, 6) is 0.654. The van der Waals surface area contributed by atoms with Crippen LogP contribution in [0.2, 0.25) is 0 Å². The molecule has 1 amide bonds. The van der Waals surface area contributed by atoms with Gasteiger partial charge in [0.25, 0.3) is 21.5 Å². The molecule has 10 heteroatoms. The molecule has 1 saturated heterocycles. The van der Waals surface area contributed by atoms with Crippen LogP contribution in [0.15, 0.2) is 64.4 Å². The highest BCUT2D eigenvalue weighted by Gasteiger charge is 2.33. The van der Waals surface area contributed by atoms with Crippen LogP contribution in [0.25, 0.3) is 11.3 Å². The maximum absolute atomic E-state index is 13.3. The van der Waals surface area contributed by atoms with E-state index in [9.17, 15) is 18.0 Å². The number of anilines is 1. The molecule has 3 heterocycles. The summed E-state index contributed by atoms with van der Waals surface area (Å²) in [6.07, 6.45) is 3.16. The van der Waals surface area contributed by atoms with Crippen molar-refractivity contribution < 1.29 is 17.9 Å². The zero-order chi connectivity index (χ0) is 26.7. The van der Waals surface area contributed by atoms with E-state index in [2.05, 4.69) is 37.6 Å². The van der Waals surface area contributed by atoms with E-state index in [1.807, 2.05) is 29.0 Å². The van der Waals surface area contributed by atoms with Gasteiger partial charge in [0.05, 0.1) is 17.9 Å². The smallest absolute Gasteiger partial charge is 0.269 e. The highest BCUT2D eigenvalue weighted by Crippen LogP contribution is 2.34. The lowest BCUT2D eigenvalue weighted by atomic mass is 10.1. The summed E-state index contributed by atoms with van der Waals surface area (Å²) in [6.45, 7) is 8.85. The minimum absolute atomic E-state index is 0.110. The zero-order valence-electron chi connectivity index (χ0n) is 21.4. The maximum Gasteiger partial charge on any atom is 0.269 e. The van der Waals surface area contributed by atoms with Crippen LogP contribution in [0.5, 0.6) is 5.75 Å². The van der Waals surface area contributed by atoms with Crippen LogP contribution in [0.4, 0.5) is 5.82 Å². The van der Waals surface area contributed by atoms with Crippen LogP contribution >= 0.6 is 0 Å². The quantitative estimate of drug-likeness (QED) is 0.457. The molecular formula is C27H32N4O5S. The SMILES string of the molecule is CC(C)COc1cccc(-c2ccc(C(=O)NS(=O)(=O)c3ccc[nH]c3=O)c(N3[C@H](C)CC[C@@H]3C)n2)c1. The van der Waals surface area contributed by atoms with Gasteiger partial charge in [-0.1, -0.05) is 26.0 Å². The van der Waals surface area contributed by atoms with E-state index in [-0.39, 0.29) is 17.6 Å². The Morgan fingerprint density at radius 3 is 2.54 bits per heavy atom. The Morgan fingerprint density at radius 1 is 1.14 bits per heavy atom. The lowest BCUT2D eigenvalue weighted by Crippen LogP contribution is -2.38. The van der Waals surface area contributed by atoms with Crippen molar-refractivity contribution in [3.63, 3.8) is 0 Å². The van der Waals surface area contributed by atoms with Crippen molar-refractivity contribution in [1.29, 1.82) is 0 Å². The fourth-order valence-electron chi connectivity index (χ4n) is 4.45. The molecule has 2 aromatic heterocycles. The van der Waals surface area contributed by atoms with Crippen molar-refractivity contribution in [3.8, 4) is 17.0 Å². The number of nitrogens with one attached hydrogen (secondary N) is 2. The van der Waals surface area contributed by atoms with Crippen molar-refractivity contribution in [3.05, 3.63) is 70.6 Å². The molecule has 196 valence electrons. The number of amides is 1. The first-order chi connectivity index (χ1) is 17.6. The number of ether oxygens (including phenoxy) is 1. The molecule has 0 aliphatic carbocycles. The van der Waals surface area contributed by atoms with Crippen LogP contribution in [-0.4, -0.2) is 43.0 Å².